The molecule has 0 unspecified atom stereocenters. The number of benzene rings is 4. The molecule has 4 aromatic carbocycles. The van der Waals surface area contributed by atoms with Crippen LogP contribution in [0.3, 0.4) is 0 Å². The van der Waals surface area contributed by atoms with Crippen LogP contribution in [0.15, 0.2) is 95.9 Å². The van der Waals surface area contributed by atoms with Crippen molar-refractivity contribution in [1.82, 2.24) is 0 Å². The zero-order chi connectivity index (χ0) is 18.1. The molecule has 0 saturated carbocycles. The molecule has 0 radical (unpaired) electrons. The van der Waals surface area contributed by atoms with Crippen molar-refractivity contribution >= 4 is 20.9 Å². The molecular formula is C22H17NaO3S. The van der Waals surface area contributed by atoms with Crippen LogP contribution in [-0.2, 0) is 10.1 Å². The van der Waals surface area contributed by atoms with Crippen molar-refractivity contribution in [3.8, 4) is 22.3 Å². The van der Waals surface area contributed by atoms with E-state index in [1.54, 1.807) is 6.07 Å². The molecule has 3 nitrogen and oxygen atoms in total. The van der Waals surface area contributed by atoms with Crippen LogP contribution >= 0.6 is 0 Å². The fourth-order valence-corrected chi connectivity index (χ4v) is 3.67. The maximum absolute atomic E-state index is 11.5. The molecule has 0 spiro atoms. The standard InChI is InChI=1S/C22H16O3S.Na.H/c23-26(24,25)20-12-11-18-14-21(16-7-3-1-4-8-16)22(15-19(18)13-20)17-9-5-2-6-10-17;;/h1-15H,(H,23,24,25);;/q;+1;-1. The van der Waals surface area contributed by atoms with Crippen LogP contribution in [0.25, 0.3) is 33.0 Å². The summed E-state index contributed by atoms with van der Waals surface area (Å²) in [6, 6.07) is 28.7. The van der Waals surface area contributed by atoms with Crippen molar-refractivity contribution < 1.29 is 44.0 Å². The topological polar surface area (TPSA) is 54.4 Å². The molecule has 0 amide bonds. The van der Waals surface area contributed by atoms with Crippen molar-refractivity contribution in [3.05, 3.63) is 91.0 Å². The van der Waals surface area contributed by atoms with Gasteiger partial charge >= 0.3 is 29.6 Å². The molecule has 0 heterocycles. The van der Waals surface area contributed by atoms with E-state index in [4.69, 9.17) is 0 Å². The monoisotopic (exact) mass is 384 g/mol. The first-order valence-electron chi connectivity index (χ1n) is 8.18. The van der Waals surface area contributed by atoms with Gasteiger partial charge in [-0.1, -0.05) is 66.7 Å². The quantitative estimate of drug-likeness (QED) is 0.436. The third-order valence-corrected chi connectivity index (χ3v) is 5.27. The first kappa shape index (κ1) is 19.8. The molecule has 0 bridgehead atoms. The Labute approximate surface area is 182 Å². The molecule has 4 rings (SSSR count). The van der Waals surface area contributed by atoms with E-state index in [1.165, 1.54) is 12.1 Å². The first-order chi connectivity index (χ1) is 12.5. The fraction of sp³-hybridized carbons (Fsp3) is 0. The van der Waals surface area contributed by atoms with Gasteiger partial charge in [-0.05, 0) is 57.3 Å². The molecule has 0 atom stereocenters. The average Bonchev–Trinajstić information content (AvgIpc) is 2.67. The van der Waals surface area contributed by atoms with Crippen molar-refractivity contribution in [1.29, 1.82) is 0 Å². The van der Waals surface area contributed by atoms with Crippen molar-refractivity contribution in [2.45, 2.75) is 4.90 Å². The second kappa shape index (κ2) is 7.97. The van der Waals surface area contributed by atoms with Crippen LogP contribution < -0.4 is 29.6 Å². The second-order valence-corrected chi connectivity index (χ2v) is 7.54. The zero-order valence-electron chi connectivity index (χ0n) is 15.8. The summed E-state index contributed by atoms with van der Waals surface area (Å²) in [7, 11) is -4.23. The Kier molecular flexibility index (Phi) is 5.84. The predicted molar refractivity (Wildman–Crippen MR) is 106 cm³/mol. The van der Waals surface area contributed by atoms with Gasteiger partial charge in [-0.2, -0.15) is 8.42 Å². The summed E-state index contributed by atoms with van der Waals surface area (Å²) in [6.07, 6.45) is 0. The fourth-order valence-electron chi connectivity index (χ4n) is 3.15. The number of hydrogen-bond acceptors (Lipinski definition) is 2. The van der Waals surface area contributed by atoms with Gasteiger partial charge in [0.05, 0.1) is 4.90 Å². The minimum absolute atomic E-state index is 0. The molecule has 130 valence electrons. The van der Waals surface area contributed by atoms with E-state index in [0.717, 1.165) is 33.0 Å². The molecule has 0 aliphatic rings. The van der Waals surface area contributed by atoms with Gasteiger partial charge in [-0.3, -0.25) is 4.55 Å². The van der Waals surface area contributed by atoms with Gasteiger partial charge in [0, 0.05) is 0 Å². The van der Waals surface area contributed by atoms with Crippen LogP contribution in [0.4, 0.5) is 0 Å². The van der Waals surface area contributed by atoms with E-state index >= 15 is 0 Å². The Morgan fingerprint density at radius 2 is 1.11 bits per heavy atom. The van der Waals surface area contributed by atoms with Gasteiger partial charge in [-0.25, -0.2) is 0 Å². The number of hydrogen-bond donors (Lipinski definition) is 1. The molecule has 0 saturated heterocycles. The van der Waals surface area contributed by atoms with Gasteiger partial charge in [0.25, 0.3) is 10.1 Å². The summed E-state index contributed by atoms with van der Waals surface area (Å²) in [5.41, 5.74) is 4.22. The van der Waals surface area contributed by atoms with Crippen molar-refractivity contribution in [2.75, 3.05) is 0 Å². The summed E-state index contributed by atoms with van der Waals surface area (Å²) >= 11 is 0. The largest absolute Gasteiger partial charge is 1.00 e. The normalized spacial score (nSPS) is 11.1. The SMILES string of the molecule is O=S(=O)(O)c1ccc2cc(-c3ccccc3)c(-c3ccccc3)cc2c1.[H-].[Na+]. The van der Waals surface area contributed by atoms with Crippen LogP contribution in [0.1, 0.15) is 1.43 Å². The Balaban J connectivity index is 0.00000140. The minimum Gasteiger partial charge on any atom is -1.00 e. The summed E-state index contributed by atoms with van der Waals surface area (Å²) in [5, 5.41) is 1.68. The van der Waals surface area contributed by atoms with E-state index in [1.807, 2.05) is 54.6 Å². The van der Waals surface area contributed by atoms with Gasteiger partial charge in [0.1, 0.15) is 0 Å². The molecule has 1 N–H and O–H groups in total. The van der Waals surface area contributed by atoms with Gasteiger partial charge in [0.2, 0.25) is 0 Å². The molecule has 0 aliphatic heterocycles. The van der Waals surface area contributed by atoms with E-state index in [-0.39, 0.29) is 35.9 Å². The Bertz CT molecular complexity index is 1190. The third-order valence-electron chi connectivity index (χ3n) is 4.42. The third kappa shape index (κ3) is 4.15. The maximum Gasteiger partial charge on any atom is 1.00 e. The van der Waals surface area contributed by atoms with Crippen LogP contribution in [0.5, 0.6) is 0 Å². The second-order valence-electron chi connectivity index (χ2n) is 6.11. The molecule has 0 fully saturated rings. The van der Waals surface area contributed by atoms with Gasteiger partial charge in [0.15, 0.2) is 0 Å². The summed E-state index contributed by atoms with van der Waals surface area (Å²) < 4.78 is 32.3. The number of fused-ring (bicyclic) bond motifs is 1. The van der Waals surface area contributed by atoms with E-state index < -0.39 is 10.1 Å². The van der Waals surface area contributed by atoms with Crippen LogP contribution in [-0.4, -0.2) is 13.0 Å². The van der Waals surface area contributed by atoms with Crippen LogP contribution in [0, 0.1) is 0 Å². The average molecular weight is 384 g/mol. The Morgan fingerprint density at radius 1 is 0.630 bits per heavy atom. The van der Waals surface area contributed by atoms with Crippen molar-refractivity contribution in [3.63, 3.8) is 0 Å². The Hall–Kier alpha value is -1.95. The summed E-state index contributed by atoms with van der Waals surface area (Å²) in [5.74, 6) is 0. The molecule has 0 aromatic heterocycles. The number of rotatable bonds is 3. The summed E-state index contributed by atoms with van der Waals surface area (Å²) in [4.78, 5) is -0.100. The first-order valence-corrected chi connectivity index (χ1v) is 9.62. The molecule has 5 heteroatoms. The van der Waals surface area contributed by atoms with Crippen LogP contribution in [0.2, 0.25) is 0 Å². The van der Waals surface area contributed by atoms with Crippen molar-refractivity contribution in [2.24, 2.45) is 0 Å². The van der Waals surface area contributed by atoms with E-state index in [9.17, 15) is 13.0 Å². The predicted octanol–water partition coefficient (Wildman–Crippen LogP) is 2.54. The minimum atomic E-state index is -4.23. The molecule has 4 aromatic rings. The molecule has 27 heavy (non-hydrogen) atoms. The van der Waals surface area contributed by atoms with E-state index in [0.29, 0.717) is 0 Å². The maximum atomic E-state index is 11.5. The van der Waals surface area contributed by atoms with Gasteiger partial charge < -0.3 is 1.43 Å². The molecular weight excluding hydrogens is 367 g/mol. The smallest absolute Gasteiger partial charge is 1.00 e. The molecule has 0 aliphatic carbocycles. The Morgan fingerprint density at radius 3 is 1.59 bits per heavy atom. The zero-order valence-corrected chi connectivity index (χ0v) is 17.6. The van der Waals surface area contributed by atoms with E-state index in [2.05, 4.69) is 18.2 Å². The summed E-state index contributed by atoms with van der Waals surface area (Å²) in [6.45, 7) is 0. The van der Waals surface area contributed by atoms with Gasteiger partial charge in [-0.15, -0.1) is 0 Å².